The summed E-state index contributed by atoms with van der Waals surface area (Å²) in [5.74, 6) is 0. The molecule has 0 aliphatic heterocycles. The molecule has 1 fully saturated rings. The van der Waals surface area contributed by atoms with E-state index in [0.29, 0.717) is 12.2 Å². The quantitative estimate of drug-likeness (QED) is 0.711. The maximum Gasteiger partial charge on any atom is 0.244 e. The van der Waals surface area contributed by atoms with Crippen LogP contribution in [0.5, 0.6) is 0 Å². The Labute approximate surface area is 126 Å². The molecule has 0 aromatic heterocycles. The summed E-state index contributed by atoms with van der Waals surface area (Å²) in [6.07, 6.45) is 3.55. The van der Waals surface area contributed by atoms with Crippen LogP contribution in [0.2, 0.25) is 0 Å². The SMILES string of the molecule is CN(C)S(=O)(=O)c1cccc(NCC2(O)CCCC2)c1N. The molecular formula is C14H23N3O3S. The first-order valence-electron chi connectivity index (χ1n) is 7.03. The van der Waals surface area contributed by atoms with Crippen molar-refractivity contribution in [1.82, 2.24) is 4.31 Å². The molecule has 6 nitrogen and oxygen atoms in total. The minimum absolute atomic E-state index is 0.0795. The van der Waals surface area contributed by atoms with E-state index in [4.69, 9.17) is 5.73 Å². The molecule has 4 N–H and O–H groups in total. The smallest absolute Gasteiger partial charge is 0.244 e. The van der Waals surface area contributed by atoms with Crippen LogP contribution in [0.3, 0.4) is 0 Å². The van der Waals surface area contributed by atoms with Gasteiger partial charge in [0.05, 0.1) is 17.0 Å². The van der Waals surface area contributed by atoms with Crippen molar-refractivity contribution in [3.05, 3.63) is 18.2 Å². The second-order valence-electron chi connectivity index (χ2n) is 5.79. The molecule has 21 heavy (non-hydrogen) atoms. The average molecular weight is 313 g/mol. The Kier molecular flexibility index (Phi) is 4.46. The second-order valence-corrected chi connectivity index (χ2v) is 7.91. The van der Waals surface area contributed by atoms with Crippen molar-refractivity contribution in [2.75, 3.05) is 31.7 Å². The van der Waals surface area contributed by atoms with Gasteiger partial charge in [0.1, 0.15) is 4.90 Å². The normalized spacial score (nSPS) is 18.1. The lowest BCUT2D eigenvalue weighted by molar-refractivity contribution is 0.0615. The number of sulfonamides is 1. The van der Waals surface area contributed by atoms with E-state index in [1.165, 1.54) is 20.2 Å². The maximum absolute atomic E-state index is 12.2. The Morgan fingerprint density at radius 1 is 1.33 bits per heavy atom. The van der Waals surface area contributed by atoms with Gasteiger partial charge in [-0.1, -0.05) is 18.9 Å². The van der Waals surface area contributed by atoms with Gasteiger partial charge in [0.25, 0.3) is 0 Å². The van der Waals surface area contributed by atoms with Crippen LogP contribution in [0, 0.1) is 0 Å². The largest absolute Gasteiger partial charge is 0.396 e. The highest BCUT2D eigenvalue weighted by atomic mass is 32.2. The van der Waals surface area contributed by atoms with E-state index in [2.05, 4.69) is 5.32 Å². The van der Waals surface area contributed by atoms with Crippen LogP contribution in [0.25, 0.3) is 0 Å². The summed E-state index contributed by atoms with van der Waals surface area (Å²) in [4.78, 5) is 0.0795. The van der Waals surface area contributed by atoms with Crippen LogP contribution < -0.4 is 11.1 Å². The Bertz CT molecular complexity index is 608. The van der Waals surface area contributed by atoms with Gasteiger partial charge in [0, 0.05) is 20.6 Å². The monoisotopic (exact) mass is 313 g/mol. The summed E-state index contributed by atoms with van der Waals surface area (Å²) in [6.45, 7) is 0.378. The highest BCUT2D eigenvalue weighted by Crippen LogP contribution is 2.32. The summed E-state index contributed by atoms with van der Waals surface area (Å²) in [7, 11) is -0.640. The van der Waals surface area contributed by atoms with E-state index >= 15 is 0 Å². The van der Waals surface area contributed by atoms with Crippen molar-refractivity contribution in [1.29, 1.82) is 0 Å². The van der Waals surface area contributed by atoms with Gasteiger partial charge < -0.3 is 16.2 Å². The molecule has 0 atom stereocenters. The third-order valence-corrected chi connectivity index (χ3v) is 5.84. The number of nitrogens with two attached hydrogens (primary N) is 1. The number of rotatable bonds is 5. The Morgan fingerprint density at radius 3 is 2.52 bits per heavy atom. The highest BCUT2D eigenvalue weighted by Gasteiger charge is 2.31. The molecule has 1 aliphatic carbocycles. The summed E-state index contributed by atoms with van der Waals surface area (Å²) >= 11 is 0. The summed E-state index contributed by atoms with van der Waals surface area (Å²) in [6, 6.07) is 4.86. The van der Waals surface area contributed by atoms with E-state index in [-0.39, 0.29) is 10.6 Å². The topological polar surface area (TPSA) is 95.7 Å². The van der Waals surface area contributed by atoms with Crippen LogP contribution in [-0.4, -0.2) is 44.1 Å². The van der Waals surface area contributed by atoms with Gasteiger partial charge in [-0.15, -0.1) is 0 Å². The fourth-order valence-corrected chi connectivity index (χ4v) is 3.62. The first kappa shape index (κ1) is 16.1. The summed E-state index contributed by atoms with van der Waals surface area (Å²) < 4.78 is 25.5. The fourth-order valence-electron chi connectivity index (χ4n) is 2.59. The standard InChI is InChI=1S/C14H23N3O3S/c1-17(2)21(19,20)12-7-5-6-11(13(12)15)16-10-14(18)8-3-4-9-14/h5-7,16,18H,3-4,8-10,15H2,1-2H3. The second kappa shape index (κ2) is 5.82. The first-order valence-corrected chi connectivity index (χ1v) is 8.48. The van der Waals surface area contributed by atoms with E-state index in [0.717, 1.165) is 30.0 Å². The van der Waals surface area contributed by atoms with Gasteiger partial charge >= 0.3 is 0 Å². The van der Waals surface area contributed by atoms with Crippen LogP contribution in [-0.2, 0) is 10.0 Å². The van der Waals surface area contributed by atoms with Crippen LogP contribution >= 0.6 is 0 Å². The first-order chi connectivity index (χ1) is 9.76. The van der Waals surface area contributed by atoms with Gasteiger partial charge in [0.15, 0.2) is 0 Å². The predicted octanol–water partition coefficient (Wildman–Crippen LogP) is 1.24. The van der Waals surface area contributed by atoms with Crippen molar-refractivity contribution in [2.24, 2.45) is 0 Å². The van der Waals surface area contributed by atoms with Crippen molar-refractivity contribution in [3.8, 4) is 0 Å². The summed E-state index contributed by atoms with van der Waals surface area (Å²) in [5, 5.41) is 13.4. The molecule has 7 heteroatoms. The van der Waals surface area contributed by atoms with Crippen LogP contribution in [0.4, 0.5) is 11.4 Å². The molecule has 118 valence electrons. The zero-order chi connectivity index (χ0) is 15.7. The molecule has 0 amide bonds. The Balaban J connectivity index is 2.22. The van der Waals surface area contributed by atoms with E-state index in [9.17, 15) is 13.5 Å². The average Bonchev–Trinajstić information content (AvgIpc) is 2.84. The number of nitrogen functional groups attached to an aromatic ring is 1. The van der Waals surface area contributed by atoms with Gasteiger partial charge in [-0.2, -0.15) is 0 Å². The van der Waals surface area contributed by atoms with Crippen molar-refractivity contribution >= 4 is 21.4 Å². The van der Waals surface area contributed by atoms with E-state index in [1.807, 2.05) is 0 Å². The van der Waals surface area contributed by atoms with Crippen LogP contribution in [0.15, 0.2) is 23.1 Å². The molecule has 2 rings (SSSR count). The zero-order valence-corrected chi connectivity index (χ0v) is 13.3. The minimum atomic E-state index is -3.58. The molecule has 0 heterocycles. The predicted molar refractivity (Wildman–Crippen MR) is 83.6 cm³/mol. The number of benzene rings is 1. The van der Waals surface area contributed by atoms with Crippen molar-refractivity contribution < 1.29 is 13.5 Å². The summed E-state index contributed by atoms with van der Waals surface area (Å²) in [5.41, 5.74) is 5.99. The Morgan fingerprint density at radius 2 is 1.95 bits per heavy atom. The van der Waals surface area contributed by atoms with Gasteiger partial charge in [-0.05, 0) is 25.0 Å². The van der Waals surface area contributed by atoms with Gasteiger partial charge in [0.2, 0.25) is 10.0 Å². The van der Waals surface area contributed by atoms with Crippen molar-refractivity contribution in [3.63, 3.8) is 0 Å². The number of nitrogens with one attached hydrogen (secondary N) is 1. The van der Waals surface area contributed by atoms with E-state index in [1.54, 1.807) is 12.1 Å². The molecular weight excluding hydrogens is 290 g/mol. The molecule has 1 aromatic rings. The van der Waals surface area contributed by atoms with E-state index < -0.39 is 15.6 Å². The number of anilines is 2. The van der Waals surface area contributed by atoms with Crippen molar-refractivity contribution in [2.45, 2.75) is 36.2 Å². The number of para-hydroxylation sites is 1. The van der Waals surface area contributed by atoms with Crippen LogP contribution in [0.1, 0.15) is 25.7 Å². The third kappa shape index (κ3) is 3.30. The van der Waals surface area contributed by atoms with Gasteiger partial charge in [-0.3, -0.25) is 0 Å². The molecule has 1 aromatic carbocycles. The molecule has 0 bridgehead atoms. The minimum Gasteiger partial charge on any atom is -0.396 e. The van der Waals surface area contributed by atoms with Gasteiger partial charge in [-0.25, -0.2) is 12.7 Å². The zero-order valence-electron chi connectivity index (χ0n) is 12.5. The molecule has 1 saturated carbocycles. The lowest BCUT2D eigenvalue weighted by Gasteiger charge is -2.24. The number of aliphatic hydroxyl groups is 1. The number of nitrogens with zero attached hydrogens (tertiary/aromatic N) is 1. The molecule has 0 radical (unpaired) electrons. The third-order valence-electron chi connectivity index (χ3n) is 3.97. The number of hydrogen-bond donors (Lipinski definition) is 3. The maximum atomic E-state index is 12.2. The highest BCUT2D eigenvalue weighted by molar-refractivity contribution is 7.89. The molecule has 0 unspecified atom stereocenters. The fraction of sp³-hybridized carbons (Fsp3) is 0.571. The lowest BCUT2D eigenvalue weighted by Crippen LogP contribution is -2.33. The number of hydrogen-bond acceptors (Lipinski definition) is 5. The molecule has 1 aliphatic rings. The molecule has 0 spiro atoms. The molecule has 0 saturated heterocycles. The lowest BCUT2D eigenvalue weighted by atomic mass is 10.0. The Hall–Kier alpha value is -1.31.